The van der Waals surface area contributed by atoms with E-state index in [1.165, 1.54) is 6.07 Å². The number of fused-ring (bicyclic) bond motifs is 1. The summed E-state index contributed by atoms with van der Waals surface area (Å²) in [6.45, 7) is 9.45. The molecule has 6 rings (SSSR count). The first-order valence-electron chi connectivity index (χ1n) is 20.4. The van der Waals surface area contributed by atoms with Crippen LogP contribution in [0.15, 0.2) is 77.2 Å². The van der Waals surface area contributed by atoms with Crippen molar-refractivity contribution in [3.8, 4) is 11.1 Å². The van der Waals surface area contributed by atoms with Crippen molar-refractivity contribution < 1.29 is 28.5 Å². The molecule has 0 unspecified atom stereocenters. The molecule has 4 aromatic rings. The van der Waals surface area contributed by atoms with E-state index in [0.717, 1.165) is 125 Å². The van der Waals surface area contributed by atoms with E-state index in [4.69, 9.17) is 13.9 Å². The van der Waals surface area contributed by atoms with Crippen molar-refractivity contribution in [3.05, 3.63) is 95.5 Å². The van der Waals surface area contributed by atoms with E-state index in [1.807, 2.05) is 36.4 Å². The topological polar surface area (TPSA) is 96.1 Å². The average Bonchev–Trinajstić information content (AvgIpc) is 3.61. The largest absolute Gasteiger partial charge is 0.461 e. The minimum Gasteiger partial charge on any atom is -0.461 e. The molecule has 2 saturated heterocycles. The number of aliphatic hydroxyl groups is 2. The number of furan rings is 1. The molecule has 2 aliphatic heterocycles. The van der Waals surface area contributed by atoms with Gasteiger partial charge in [-0.25, -0.2) is 4.39 Å². The first kappa shape index (κ1) is 42.0. The fraction of sp³-hybridized carbons (Fsp3) is 0.565. The van der Waals surface area contributed by atoms with Gasteiger partial charge in [0, 0.05) is 75.3 Å². The average molecular weight is 745 g/mol. The fourth-order valence-electron chi connectivity index (χ4n) is 8.66. The molecule has 0 bridgehead atoms. The molecule has 0 spiro atoms. The van der Waals surface area contributed by atoms with Crippen LogP contribution in [-0.4, -0.2) is 63.8 Å². The number of piperidine rings is 2. The van der Waals surface area contributed by atoms with Crippen LogP contribution in [0.3, 0.4) is 0 Å². The van der Waals surface area contributed by atoms with Crippen LogP contribution < -0.4 is 10.6 Å². The lowest BCUT2D eigenvalue weighted by Gasteiger charge is -2.40. The van der Waals surface area contributed by atoms with Gasteiger partial charge in [-0.1, -0.05) is 74.5 Å². The maximum absolute atomic E-state index is 14.9. The van der Waals surface area contributed by atoms with Crippen LogP contribution in [0.5, 0.6) is 0 Å². The number of rotatable bonds is 17. The SMILES string of the molecule is COCCCC[C@@](O)(c1cccc(F)c1-c1ccccc1)[C@@H]1CCCNC1.COCCCC[C@@](O)(c1cccc2cc(CC(C)C)oc12)[C@@H]1CCCNC1. The second kappa shape index (κ2) is 20.7. The number of para-hydroxylation sites is 1. The molecule has 4 atom stereocenters. The van der Waals surface area contributed by atoms with Crippen molar-refractivity contribution in [2.24, 2.45) is 17.8 Å². The zero-order valence-corrected chi connectivity index (χ0v) is 33.2. The minimum absolute atomic E-state index is 0.0676. The lowest BCUT2D eigenvalue weighted by Crippen LogP contribution is -2.44. The third-order valence-corrected chi connectivity index (χ3v) is 11.5. The first-order chi connectivity index (χ1) is 26.2. The second-order valence-electron chi connectivity index (χ2n) is 15.9. The van der Waals surface area contributed by atoms with E-state index >= 15 is 0 Å². The van der Waals surface area contributed by atoms with Crippen molar-refractivity contribution in [1.29, 1.82) is 0 Å². The lowest BCUT2D eigenvalue weighted by molar-refractivity contribution is -0.0432. The highest BCUT2D eigenvalue weighted by molar-refractivity contribution is 5.82. The van der Waals surface area contributed by atoms with E-state index in [-0.39, 0.29) is 17.7 Å². The zero-order valence-electron chi connectivity index (χ0n) is 33.2. The van der Waals surface area contributed by atoms with Gasteiger partial charge in [0.25, 0.3) is 0 Å². The Hall–Kier alpha value is -3.11. The number of methoxy groups -OCH3 is 2. The number of unbranched alkanes of at least 4 members (excludes halogenated alkanes) is 2. The maximum atomic E-state index is 14.9. The van der Waals surface area contributed by atoms with Gasteiger partial charge in [0.2, 0.25) is 0 Å². The van der Waals surface area contributed by atoms with Crippen molar-refractivity contribution >= 4 is 11.0 Å². The van der Waals surface area contributed by atoms with Crippen LogP contribution in [0.2, 0.25) is 0 Å². The summed E-state index contributed by atoms with van der Waals surface area (Å²) in [6.07, 6.45) is 10.0. The number of halogens is 1. The molecule has 2 aliphatic rings. The first-order valence-corrected chi connectivity index (χ1v) is 20.4. The van der Waals surface area contributed by atoms with Gasteiger partial charge in [0.05, 0.1) is 11.2 Å². The summed E-state index contributed by atoms with van der Waals surface area (Å²) < 4.78 is 31.6. The Labute approximate surface area is 323 Å². The quantitative estimate of drug-likeness (QED) is 0.0802. The Balaban J connectivity index is 0.000000208. The van der Waals surface area contributed by atoms with Crippen LogP contribution in [0.25, 0.3) is 22.1 Å². The van der Waals surface area contributed by atoms with E-state index in [1.54, 1.807) is 20.3 Å². The Morgan fingerprint density at radius 3 is 1.89 bits per heavy atom. The van der Waals surface area contributed by atoms with Gasteiger partial charge >= 0.3 is 0 Å². The van der Waals surface area contributed by atoms with Gasteiger partial charge in [-0.3, -0.25) is 0 Å². The summed E-state index contributed by atoms with van der Waals surface area (Å²) >= 11 is 0. The third-order valence-electron chi connectivity index (χ3n) is 11.5. The molecule has 7 nitrogen and oxygen atoms in total. The van der Waals surface area contributed by atoms with Crippen LogP contribution in [0, 0.1) is 23.6 Å². The summed E-state index contributed by atoms with van der Waals surface area (Å²) in [6, 6.07) is 23.0. The Kier molecular flexibility index (Phi) is 16.1. The molecule has 0 amide bonds. The molecule has 8 heteroatoms. The molecule has 0 saturated carbocycles. The summed E-state index contributed by atoms with van der Waals surface area (Å²) in [5.74, 6) is 1.55. The van der Waals surface area contributed by atoms with E-state index in [0.29, 0.717) is 30.1 Å². The highest BCUT2D eigenvalue weighted by atomic mass is 19.1. The molecule has 0 aliphatic carbocycles. The minimum atomic E-state index is -1.06. The van der Waals surface area contributed by atoms with Crippen molar-refractivity contribution in [3.63, 3.8) is 0 Å². The molecular formula is C46H65FN2O5. The third kappa shape index (κ3) is 10.6. The molecule has 0 radical (unpaired) electrons. The zero-order chi connectivity index (χ0) is 38.4. The van der Waals surface area contributed by atoms with Crippen molar-refractivity contribution in [2.45, 2.75) is 95.7 Å². The maximum Gasteiger partial charge on any atom is 0.140 e. The monoisotopic (exact) mass is 744 g/mol. The smallest absolute Gasteiger partial charge is 0.140 e. The number of ether oxygens (including phenoxy) is 2. The van der Waals surface area contributed by atoms with Gasteiger partial charge in [0.1, 0.15) is 17.2 Å². The molecule has 3 aromatic carbocycles. The molecule has 296 valence electrons. The van der Waals surface area contributed by atoms with Crippen LogP contribution in [0.1, 0.15) is 94.9 Å². The van der Waals surface area contributed by atoms with E-state index in [2.05, 4.69) is 48.7 Å². The predicted molar refractivity (Wildman–Crippen MR) is 217 cm³/mol. The molecular weight excluding hydrogens is 680 g/mol. The second-order valence-corrected chi connectivity index (χ2v) is 15.9. The molecule has 1 aromatic heterocycles. The fourth-order valence-corrected chi connectivity index (χ4v) is 8.66. The molecule has 4 N–H and O–H groups in total. The normalized spacial score (nSPS) is 19.9. The number of nitrogens with one attached hydrogen (secondary N) is 2. The highest BCUT2D eigenvalue weighted by Gasteiger charge is 2.42. The van der Waals surface area contributed by atoms with Gasteiger partial charge in [-0.05, 0) is 106 Å². The lowest BCUT2D eigenvalue weighted by atomic mass is 9.72. The Morgan fingerprint density at radius 1 is 0.759 bits per heavy atom. The molecule has 54 heavy (non-hydrogen) atoms. The van der Waals surface area contributed by atoms with Gasteiger partial charge in [-0.2, -0.15) is 0 Å². The predicted octanol–water partition coefficient (Wildman–Crippen LogP) is 9.13. The standard InChI is InChI=1S/C23H30FNO2.C23H35NO3/c1-27-16-6-5-14-23(26,19-11-8-15-25-17-19)20-12-7-13-21(24)22(20)18-9-3-2-4-10-18;1-17(2)14-20-15-18-8-6-10-21(22(18)27-20)23(25,11-4-5-13-26-3)19-9-7-12-24-16-19/h2-4,7,9-10,12-13,19,25-26H,5-6,8,11,14-17H2,1H3;6,8,10,15,17,19,24-25H,4-5,7,9,11-14,16H2,1-3H3/t2*19-,23+/m11/s1. The summed E-state index contributed by atoms with van der Waals surface area (Å²) in [7, 11) is 3.43. The van der Waals surface area contributed by atoms with Gasteiger partial charge in [0.15, 0.2) is 0 Å². The molecule has 3 heterocycles. The van der Waals surface area contributed by atoms with Crippen LogP contribution in [0.4, 0.5) is 4.39 Å². The van der Waals surface area contributed by atoms with Crippen LogP contribution >= 0.6 is 0 Å². The van der Waals surface area contributed by atoms with E-state index in [9.17, 15) is 14.6 Å². The highest BCUT2D eigenvalue weighted by Crippen LogP contribution is 2.44. The van der Waals surface area contributed by atoms with Crippen molar-refractivity contribution in [2.75, 3.05) is 53.6 Å². The summed E-state index contributed by atoms with van der Waals surface area (Å²) in [5.41, 5.74) is 1.94. The number of hydrogen-bond donors (Lipinski definition) is 4. The summed E-state index contributed by atoms with van der Waals surface area (Å²) in [4.78, 5) is 0. The van der Waals surface area contributed by atoms with Gasteiger partial charge < -0.3 is 34.7 Å². The summed E-state index contributed by atoms with van der Waals surface area (Å²) in [5, 5.41) is 31.9. The Morgan fingerprint density at radius 2 is 1.33 bits per heavy atom. The molecule has 2 fully saturated rings. The van der Waals surface area contributed by atoms with Crippen LogP contribution in [-0.2, 0) is 27.1 Å². The Bertz CT molecular complexity index is 1680. The van der Waals surface area contributed by atoms with Crippen molar-refractivity contribution in [1.82, 2.24) is 10.6 Å². The van der Waals surface area contributed by atoms with Gasteiger partial charge in [-0.15, -0.1) is 0 Å². The number of hydrogen-bond acceptors (Lipinski definition) is 7. The number of benzene rings is 3. The van der Waals surface area contributed by atoms with E-state index < -0.39 is 11.2 Å².